The molecule has 0 aliphatic heterocycles. The fourth-order valence-corrected chi connectivity index (χ4v) is 2.41. The summed E-state index contributed by atoms with van der Waals surface area (Å²) in [4.78, 5) is 22.1. The number of anilines is 1. The number of nitro benzene ring substituents is 1. The molecule has 0 heterocycles. The number of benzene rings is 2. The summed E-state index contributed by atoms with van der Waals surface area (Å²) >= 11 is 0. The molecule has 24 heavy (non-hydrogen) atoms. The van der Waals surface area contributed by atoms with E-state index >= 15 is 0 Å². The first kappa shape index (κ1) is 17.5. The van der Waals surface area contributed by atoms with Crippen molar-refractivity contribution < 1.29 is 14.5 Å². The molecule has 2 aromatic carbocycles. The number of hydrogen-bond acceptors (Lipinski definition) is 4. The van der Waals surface area contributed by atoms with Crippen LogP contribution in [-0.2, 0) is 11.2 Å². The van der Waals surface area contributed by atoms with Crippen molar-refractivity contribution in [3.05, 3.63) is 63.7 Å². The predicted molar refractivity (Wildman–Crippen MR) is 92.4 cm³/mol. The van der Waals surface area contributed by atoms with Crippen molar-refractivity contribution >= 4 is 17.3 Å². The lowest BCUT2D eigenvalue weighted by Crippen LogP contribution is -2.11. The zero-order chi connectivity index (χ0) is 17.5. The van der Waals surface area contributed by atoms with E-state index in [4.69, 9.17) is 4.74 Å². The van der Waals surface area contributed by atoms with Crippen LogP contribution in [0.25, 0.3) is 0 Å². The molecule has 6 heteroatoms. The molecule has 0 aliphatic rings. The first-order valence-electron chi connectivity index (χ1n) is 7.67. The molecule has 0 spiro atoms. The lowest BCUT2D eigenvalue weighted by molar-refractivity contribution is -0.384. The number of aryl methyl sites for hydroxylation is 2. The maximum Gasteiger partial charge on any atom is 0.269 e. The standard InChI is InChI=1S/C18H20N2O4/c1-13-12-17(24-2)11-6-14(13)4-3-5-18(21)19-15-7-9-16(10-8-15)20(22)23/h6-12H,3-5H2,1-2H3,(H,19,21). The highest BCUT2D eigenvalue weighted by molar-refractivity contribution is 5.90. The molecule has 0 aromatic heterocycles. The number of methoxy groups -OCH3 is 1. The highest BCUT2D eigenvalue weighted by Gasteiger charge is 2.07. The molecule has 0 fully saturated rings. The summed E-state index contributed by atoms with van der Waals surface area (Å²) in [6.07, 6.45) is 1.93. The van der Waals surface area contributed by atoms with Gasteiger partial charge in [0.05, 0.1) is 12.0 Å². The van der Waals surface area contributed by atoms with Gasteiger partial charge in [-0.05, 0) is 55.2 Å². The molecule has 1 N–H and O–H groups in total. The van der Waals surface area contributed by atoms with Crippen LogP contribution in [0.1, 0.15) is 24.0 Å². The Bertz CT molecular complexity index is 726. The van der Waals surface area contributed by atoms with E-state index in [0.717, 1.165) is 24.2 Å². The number of nitrogens with zero attached hydrogens (tertiary/aromatic N) is 1. The van der Waals surface area contributed by atoms with Gasteiger partial charge < -0.3 is 10.1 Å². The van der Waals surface area contributed by atoms with Crippen molar-refractivity contribution in [3.8, 4) is 5.75 Å². The fraction of sp³-hybridized carbons (Fsp3) is 0.278. The minimum absolute atomic E-state index is 0.00276. The molecule has 126 valence electrons. The number of nitrogens with one attached hydrogen (secondary N) is 1. The van der Waals surface area contributed by atoms with Crippen molar-refractivity contribution in [2.24, 2.45) is 0 Å². The van der Waals surface area contributed by atoms with Crippen molar-refractivity contribution in [3.63, 3.8) is 0 Å². The molecular weight excluding hydrogens is 308 g/mol. The molecule has 1 amide bonds. The molecule has 2 rings (SSSR count). The van der Waals surface area contributed by atoms with Gasteiger partial charge in [-0.15, -0.1) is 0 Å². The lowest BCUT2D eigenvalue weighted by atomic mass is 10.0. The van der Waals surface area contributed by atoms with Gasteiger partial charge in [-0.1, -0.05) is 6.07 Å². The van der Waals surface area contributed by atoms with E-state index in [-0.39, 0.29) is 11.6 Å². The second-order valence-corrected chi connectivity index (χ2v) is 5.50. The Labute approximate surface area is 140 Å². The average Bonchev–Trinajstić information content (AvgIpc) is 2.56. The second kappa shape index (κ2) is 8.10. The number of rotatable bonds is 7. The van der Waals surface area contributed by atoms with Gasteiger partial charge in [-0.25, -0.2) is 0 Å². The van der Waals surface area contributed by atoms with E-state index in [1.54, 1.807) is 7.11 Å². The molecule has 0 radical (unpaired) electrons. The van der Waals surface area contributed by atoms with Crippen LogP contribution in [0.4, 0.5) is 11.4 Å². The molecule has 0 saturated heterocycles. The SMILES string of the molecule is COc1ccc(CCCC(=O)Nc2ccc([N+](=O)[O-])cc2)c(C)c1. The lowest BCUT2D eigenvalue weighted by Gasteiger charge is -2.08. The van der Waals surface area contributed by atoms with Gasteiger partial charge in [-0.3, -0.25) is 14.9 Å². The van der Waals surface area contributed by atoms with Gasteiger partial charge in [0, 0.05) is 24.2 Å². The van der Waals surface area contributed by atoms with Gasteiger partial charge >= 0.3 is 0 Å². The highest BCUT2D eigenvalue weighted by Crippen LogP contribution is 2.19. The van der Waals surface area contributed by atoms with E-state index < -0.39 is 4.92 Å². The fourth-order valence-electron chi connectivity index (χ4n) is 2.41. The molecule has 2 aromatic rings. The number of amides is 1. The molecule has 0 bridgehead atoms. The van der Waals surface area contributed by atoms with E-state index in [2.05, 4.69) is 5.32 Å². The first-order chi connectivity index (χ1) is 11.5. The predicted octanol–water partition coefficient (Wildman–Crippen LogP) is 3.87. The smallest absolute Gasteiger partial charge is 0.269 e. The van der Waals surface area contributed by atoms with E-state index in [1.807, 2.05) is 25.1 Å². The molecule has 6 nitrogen and oxygen atoms in total. The van der Waals surface area contributed by atoms with Gasteiger partial charge in [-0.2, -0.15) is 0 Å². The molecule has 0 aliphatic carbocycles. The normalized spacial score (nSPS) is 10.2. The van der Waals surface area contributed by atoms with E-state index in [9.17, 15) is 14.9 Å². The third-order valence-corrected chi connectivity index (χ3v) is 3.76. The van der Waals surface area contributed by atoms with E-state index in [1.165, 1.54) is 29.8 Å². The Kier molecular flexibility index (Phi) is 5.89. The number of non-ortho nitro benzene ring substituents is 1. The minimum Gasteiger partial charge on any atom is -0.497 e. The summed E-state index contributed by atoms with van der Waals surface area (Å²) in [5.74, 6) is 0.724. The summed E-state index contributed by atoms with van der Waals surface area (Å²) in [6, 6.07) is 11.7. The van der Waals surface area contributed by atoms with Gasteiger partial charge in [0.1, 0.15) is 5.75 Å². The van der Waals surface area contributed by atoms with Crippen LogP contribution >= 0.6 is 0 Å². The van der Waals surface area contributed by atoms with Crippen LogP contribution in [0.3, 0.4) is 0 Å². The molecule has 0 unspecified atom stereocenters. The Balaban J connectivity index is 1.82. The number of nitro groups is 1. The van der Waals surface area contributed by atoms with Crippen molar-refractivity contribution in [2.45, 2.75) is 26.2 Å². The Morgan fingerprint density at radius 1 is 1.21 bits per heavy atom. The average molecular weight is 328 g/mol. The van der Waals surface area contributed by atoms with Crippen molar-refractivity contribution in [1.82, 2.24) is 0 Å². The number of ether oxygens (including phenoxy) is 1. The van der Waals surface area contributed by atoms with E-state index in [0.29, 0.717) is 12.1 Å². The molecule has 0 saturated carbocycles. The number of hydrogen-bond donors (Lipinski definition) is 1. The zero-order valence-electron chi connectivity index (χ0n) is 13.7. The van der Waals surface area contributed by atoms with Crippen LogP contribution < -0.4 is 10.1 Å². The third kappa shape index (κ3) is 4.81. The quantitative estimate of drug-likeness (QED) is 0.618. The number of carbonyl (C=O) groups excluding carboxylic acids is 1. The van der Waals surface area contributed by atoms with Gasteiger partial charge in [0.25, 0.3) is 5.69 Å². The first-order valence-corrected chi connectivity index (χ1v) is 7.67. The molecule has 0 atom stereocenters. The monoisotopic (exact) mass is 328 g/mol. The maximum atomic E-state index is 11.9. The largest absolute Gasteiger partial charge is 0.497 e. The van der Waals surface area contributed by atoms with Gasteiger partial charge in [0.2, 0.25) is 5.91 Å². The topological polar surface area (TPSA) is 81.5 Å². The zero-order valence-corrected chi connectivity index (χ0v) is 13.7. The van der Waals surface area contributed by atoms with Crippen molar-refractivity contribution in [2.75, 3.05) is 12.4 Å². The van der Waals surface area contributed by atoms with Crippen LogP contribution in [0, 0.1) is 17.0 Å². The minimum atomic E-state index is -0.469. The highest BCUT2D eigenvalue weighted by atomic mass is 16.6. The summed E-state index contributed by atoms with van der Waals surface area (Å²) in [5.41, 5.74) is 2.90. The second-order valence-electron chi connectivity index (χ2n) is 5.50. The molecular formula is C18H20N2O4. The third-order valence-electron chi connectivity index (χ3n) is 3.76. The Morgan fingerprint density at radius 2 is 1.92 bits per heavy atom. The Morgan fingerprint density at radius 3 is 2.50 bits per heavy atom. The van der Waals surface area contributed by atoms with Crippen LogP contribution in [0.2, 0.25) is 0 Å². The maximum absolute atomic E-state index is 11.9. The Hall–Kier alpha value is -2.89. The van der Waals surface area contributed by atoms with Crippen molar-refractivity contribution in [1.29, 1.82) is 0 Å². The van der Waals surface area contributed by atoms with Crippen LogP contribution in [0.15, 0.2) is 42.5 Å². The summed E-state index contributed by atoms with van der Waals surface area (Å²) < 4.78 is 5.18. The summed E-state index contributed by atoms with van der Waals surface area (Å²) in [7, 11) is 1.64. The summed E-state index contributed by atoms with van der Waals surface area (Å²) in [5, 5.41) is 13.3. The number of carbonyl (C=O) groups is 1. The van der Waals surface area contributed by atoms with Crippen LogP contribution in [-0.4, -0.2) is 17.9 Å². The van der Waals surface area contributed by atoms with Gasteiger partial charge in [0.15, 0.2) is 0 Å². The summed E-state index contributed by atoms with van der Waals surface area (Å²) in [6.45, 7) is 2.02. The van der Waals surface area contributed by atoms with Crippen LogP contribution in [0.5, 0.6) is 5.75 Å².